The number of ether oxygens (including phenoxy) is 1. The van der Waals surface area contributed by atoms with Gasteiger partial charge < -0.3 is 14.5 Å². The molecule has 1 heterocycles. The van der Waals surface area contributed by atoms with Gasteiger partial charge in [-0.25, -0.2) is 0 Å². The maximum Gasteiger partial charge on any atom is 0.234 e. The average Bonchev–Trinajstić information content (AvgIpc) is 3.22. The highest BCUT2D eigenvalue weighted by atomic mass is 16.5. The number of benzene rings is 2. The van der Waals surface area contributed by atoms with Crippen LogP contribution < -0.4 is 10.1 Å². The molecule has 3 rings (SSSR count). The minimum absolute atomic E-state index is 0.0102. The van der Waals surface area contributed by atoms with Gasteiger partial charge in [-0.3, -0.25) is 9.69 Å². The molecule has 0 aliphatic heterocycles. The van der Waals surface area contributed by atoms with Crippen molar-refractivity contribution in [1.82, 2.24) is 10.2 Å². The van der Waals surface area contributed by atoms with E-state index in [9.17, 15) is 4.79 Å². The van der Waals surface area contributed by atoms with Crippen LogP contribution >= 0.6 is 0 Å². The molecule has 2 aromatic carbocycles. The van der Waals surface area contributed by atoms with Crippen molar-refractivity contribution in [2.24, 2.45) is 0 Å². The highest BCUT2D eigenvalue weighted by Gasteiger charge is 2.13. The third-order valence-corrected chi connectivity index (χ3v) is 4.47. The molecule has 0 unspecified atom stereocenters. The first kappa shape index (κ1) is 19.7. The number of amides is 1. The number of hydrogen-bond donors (Lipinski definition) is 1. The number of carbonyl (C=O) groups excluding carboxylic acids is 1. The van der Waals surface area contributed by atoms with Gasteiger partial charge in [-0.2, -0.15) is 0 Å². The first-order chi connectivity index (χ1) is 13.7. The lowest BCUT2D eigenvalue weighted by molar-refractivity contribution is -0.122. The minimum atomic E-state index is 0.0102. The second-order valence-corrected chi connectivity index (χ2v) is 6.66. The van der Waals surface area contributed by atoms with Crippen LogP contribution in [-0.2, 0) is 24.3 Å². The van der Waals surface area contributed by atoms with Gasteiger partial charge in [0.1, 0.15) is 11.5 Å². The van der Waals surface area contributed by atoms with Crippen molar-refractivity contribution in [3.63, 3.8) is 0 Å². The van der Waals surface area contributed by atoms with Gasteiger partial charge in [-0.15, -0.1) is 0 Å². The Hall–Kier alpha value is -3.05. The summed E-state index contributed by atoms with van der Waals surface area (Å²) in [5.74, 6) is 1.69. The number of hydrogen-bond acceptors (Lipinski definition) is 4. The highest BCUT2D eigenvalue weighted by molar-refractivity contribution is 5.78. The Kier molecular flexibility index (Phi) is 7.27. The molecule has 3 aromatic rings. The second-order valence-electron chi connectivity index (χ2n) is 6.66. The number of carbonyl (C=O) groups is 1. The molecule has 1 aromatic heterocycles. The van der Waals surface area contributed by atoms with Crippen molar-refractivity contribution >= 4 is 5.91 Å². The third-order valence-electron chi connectivity index (χ3n) is 4.47. The summed E-state index contributed by atoms with van der Waals surface area (Å²) in [5.41, 5.74) is 2.33. The highest BCUT2D eigenvalue weighted by Crippen LogP contribution is 2.12. The molecule has 0 atom stereocenters. The van der Waals surface area contributed by atoms with Gasteiger partial charge in [-0.05, 0) is 41.8 Å². The van der Waals surface area contributed by atoms with Crippen LogP contribution in [-0.4, -0.2) is 31.0 Å². The fourth-order valence-electron chi connectivity index (χ4n) is 3.03. The summed E-state index contributed by atoms with van der Waals surface area (Å²) < 4.78 is 10.6. The predicted octanol–water partition coefficient (Wildman–Crippen LogP) is 3.65. The van der Waals surface area contributed by atoms with Gasteiger partial charge in [-0.1, -0.05) is 42.5 Å². The lowest BCUT2D eigenvalue weighted by Gasteiger charge is -2.21. The van der Waals surface area contributed by atoms with Crippen molar-refractivity contribution < 1.29 is 13.9 Å². The van der Waals surface area contributed by atoms with E-state index in [0.29, 0.717) is 26.2 Å². The number of furan rings is 1. The number of nitrogens with one attached hydrogen (secondary N) is 1. The topological polar surface area (TPSA) is 54.7 Å². The van der Waals surface area contributed by atoms with E-state index in [1.54, 1.807) is 13.4 Å². The normalized spacial score (nSPS) is 10.8. The summed E-state index contributed by atoms with van der Waals surface area (Å²) >= 11 is 0. The van der Waals surface area contributed by atoms with Crippen molar-refractivity contribution in [3.05, 3.63) is 89.9 Å². The van der Waals surface area contributed by atoms with Gasteiger partial charge in [0.2, 0.25) is 5.91 Å². The summed E-state index contributed by atoms with van der Waals surface area (Å²) in [5, 5.41) is 3.01. The molecule has 0 aliphatic rings. The quantitative estimate of drug-likeness (QED) is 0.585. The molecule has 0 fully saturated rings. The van der Waals surface area contributed by atoms with E-state index in [4.69, 9.17) is 9.15 Å². The van der Waals surface area contributed by atoms with Crippen LogP contribution in [0.1, 0.15) is 16.9 Å². The zero-order valence-corrected chi connectivity index (χ0v) is 16.1. The van der Waals surface area contributed by atoms with Crippen LogP contribution in [0.15, 0.2) is 77.4 Å². The summed E-state index contributed by atoms with van der Waals surface area (Å²) in [7, 11) is 1.65. The molecule has 1 amide bonds. The lowest BCUT2D eigenvalue weighted by Crippen LogP contribution is -2.37. The molecular weight excluding hydrogens is 352 g/mol. The fraction of sp³-hybridized carbons (Fsp3) is 0.261. The van der Waals surface area contributed by atoms with E-state index in [1.807, 2.05) is 54.6 Å². The van der Waals surface area contributed by atoms with Crippen molar-refractivity contribution in [3.8, 4) is 5.75 Å². The summed E-state index contributed by atoms with van der Waals surface area (Å²) in [6.07, 6.45) is 2.44. The lowest BCUT2D eigenvalue weighted by atomic mass is 10.1. The molecule has 5 nitrogen and oxygen atoms in total. The molecule has 0 bridgehead atoms. The van der Waals surface area contributed by atoms with Crippen LogP contribution in [0.5, 0.6) is 5.75 Å². The molecule has 0 saturated carbocycles. The summed E-state index contributed by atoms with van der Waals surface area (Å²) in [6, 6.07) is 21.8. The minimum Gasteiger partial charge on any atom is -0.497 e. The van der Waals surface area contributed by atoms with Gasteiger partial charge in [0.15, 0.2) is 0 Å². The average molecular weight is 378 g/mol. The van der Waals surface area contributed by atoms with Crippen molar-refractivity contribution in [2.75, 3.05) is 20.2 Å². The Bertz CT molecular complexity index is 830. The van der Waals surface area contributed by atoms with Crippen molar-refractivity contribution in [2.45, 2.75) is 19.5 Å². The monoisotopic (exact) mass is 378 g/mol. The number of methoxy groups -OCH3 is 1. The van der Waals surface area contributed by atoms with Gasteiger partial charge in [0.05, 0.1) is 26.5 Å². The molecule has 5 heteroatoms. The maximum absolute atomic E-state index is 12.5. The Balaban J connectivity index is 1.51. The van der Waals surface area contributed by atoms with Gasteiger partial charge in [0, 0.05) is 13.1 Å². The SMILES string of the molecule is COc1ccc(CCNC(=O)CN(Cc2ccccc2)Cc2ccco2)cc1. The Morgan fingerprint density at radius 3 is 2.43 bits per heavy atom. The zero-order valence-electron chi connectivity index (χ0n) is 16.1. The molecule has 0 aliphatic carbocycles. The van der Waals surface area contributed by atoms with E-state index in [2.05, 4.69) is 22.3 Å². The predicted molar refractivity (Wildman–Crippen MR) is 109 cm³/mol. The Morgan fingerprint density at radius 2 is 1.75 bits per heavy atom. The van der Waals surface area contributed by atoms with E-state index in [1.165, 1.54) is 5.56 Å². The molecule has 28 heavy (non-hydrogen) atoms. The van der Waals surface area contributed by atoms with Crippen LogP contribution in [0, 0.1) is 0 Å². The second kappa shape index (κ2) is 10.3. The summed E-state index contributed by atoms with van der Waals surface area (Å²) in [6.45, 7) is 2.20. The number of nitrogens with zero attached hydrogens (tertiary/aromatic N) is 1. The standard InChI is InChI=1S/C23H26N2O3/c1-27-21-11-9-19(10-12-21)13-14-24-23(26)18-25(17-22-8-5-15-28-22)16-20-6-3-2-4-7-20/h2-12,15H,13-14,16-18H2,1H3,(H,24,26). The fourth-order valence-corrected chi connectivity index (χ4v) is 3.03. The van der Waals surface area contributed by atoms with Crippen LogP contribution in [0.25, 0.3) is 0 Å². The third kappa shape index (κ3) is 6.28. The van der Waals surface area contributed by atoms with Gasteiger partial charge in [0.25, 0.3) is 0 Å². The summed E-state index contributed by atoms with van der Waals surface area (Å²) in [4.78, 5) is 14.5. The Labute approximate surface area is 165 Å². The molecular formula is C23H26N2O3. The van der Waals surface area contributed by atoms with Gasteiger partial charge >= 0.3 is 0 Å². The smallest absolute Gasteiger partial charge is 0.234 e. The molecule has 0 spiro atoms. The molecule has 0 saturated heterocycles. The van der Waals surface area contributed by atoms with E-state index in [-0.39, 0.29) is 5.91 Å². The Morgan fingerprint density at radius 1 is 0.964 bits per heavy atom. The molecule has 0 radical (unpaired) electrons. The van der Waals surface area contributed by atoms with E-state index in [0.717, 1.165) is 23.5 Å². The van der Waals surface area contributed by atoms with Crippen LogP contribution in [0.4, 0.5) is 0 Å². The van der Waals surface area contributed by atoms with Crippen LogP contribution in [0.3, 0.4) is 0 Å². The maximum atomic E-state index is 12.5. The van der Waals surface area contributed by atoms with Crippen LogP contribution in [0.2, 0.25) is 0 Å². The van der Waals surface area contributed by atoms with E-state index >= 15 is 0 Å². The zero-order chi connectivity index (χ0) is 19.6. The first-order valence-corrected chi connectivity index (χ1v) is 9.41. The van der Waals surface area contributed by atoms with E-state index < -0.39 is 0 Å². The molecule has 146 valence electrons. The largest absolute Gasteiger partial charge is 0.497 e. The molecule has 1 N–H and O–H groups in total. The van der Waals surface area contributed by atoms with Crippen molar-refractivity contribution in [1.29, 1.82) is 0 Å². The first-order valence-electron chi connectivity index (χ1n) is 9.41. The number of rotatable bonds is 10.